The second-order valence-electron chi connectivity index (χ2n) is 4.00. The van der Waals surface area contributed by atoms with E-state index in [9.17, 15) is 0 Å². The molecule has 0 aromatic heterocycles. The minimum atomic E-state index is 0.0908. The van der Waals surface area contributed by atoms with Crippen molar-refractivity contribution in [1.82, 2.24) is 10.2 Å². The van der Waals surface area contributed by atoms with Gasteiger partial charge in [-0.15, -0.1) is 0 Å². The summed E-state index contributed by atoms with van der Waals surface area (Å²) in [5.74, 6) is 0.856. The van der Waals surface area contributed by atoms with Gasteiger partial charge in [-0.25, -0.2) is 0 Å². The van der Waals surface area contributed by atoms with E-state index in [0.29, 0.717) is 0 Å². The Morgan fingerprint density at radius 1 is 1.38 bits per heavy atom. The van der Waals surface area contributed by atoms with Crippen LogP contribution in [0.1, 0.15) is 17.3 Å². The quantitative estimate of drug-likeness (QED) is 0.821. The minimum absolute atomic E-state index is 0.0908. The van der Waals surface area contributed by atoms with Gasteiger partial charge in [0.15, 0.2) is 0 Å². The second-order valence-corrected chi connectivity index (χ2v) is 4.41. The van der Waals surface area contributed by atoms with E-state index in [1.807, 2.05) is 40.2 Å². The topological polar surface area (TPSA) is 24.5 Å². The molecule has 0 heterocycles. The molecule has 0 fully saturated rings. The number of benzene rings is 1. The highest BCUT2D eigenvalue weighted by Crippen LogP contribution is 2.31. The first-order chi connectivity index (χ1) is 7.51. The van der Waals surface area contributed by atoms with Crippen LogP contribution in [-0.2, 0) is 0 Å². The van der Waals surface area contributed by atoms with E-state index >= 15 is 0 Å². The van der Waals surface area contributed by atoms with Crippen LogP contribution < -0.4 is 10.1 Å². The van der Waals surface area contributed by atoms with Crippen molar-refractivity contribution in [1.29, 1.82) is 0 Å². The highest BCUT2D eigenvalue weighted by molar-refractivity contribution is 6.31. The summed E-state index contributed by atoms with van der Waals surface area (Å²) in [7, 11) is 7.61. The number of methoxy groups -OCH3 is 1. The molecule has 0 aliphatic rings. The Morgan fingerprint density at radius 2 is 2.00 bits per heavy atom. The Hall–Kier alpha value is -0.770. The first kappa shape index (κ1) is 13.3. The second kappa shape index (κ2) is 5.53. The Labute approximate surface area is 102 Å². The molecule has 0 spiro atoms. The van der Waals surface area contributed by atoms with Crippen LogP contribution in [0.4, 0.5) is 0 Å². The van der Waals surface area contributed by atoms with Crippen LogP contribution in [0.5, 0.6) is 5.75 Å². The third-order valence-electron chi connectivity index (χ3n) is 2.60. The zero-order valence-electron chi connectivity index (χ0n) is 10.5. The average Bonchev–Trinajstić information content (AvgIpc) is 2.23. The fourth-order valence-electron chi connectivity index (χ4n) is 1.75. The summed E-state index contributed by atoms with van der Waals surface area (Å²) in [6, 6.07) is 3.92. The van der Waals surface area contributed by atoms with Gasteiger partial charge >= 0.3 is 0 Å². The predicted molar refractivity (Wildman–Crippen MR) is 68.2 cm³/mol. The highest BCUT2D eigenvalue weighted by atomic mass is 35.5. The molecule has 4 heteroatoms. The summed E-state index contributed by atoms with van der Waals surface area (Å²) >= 11 is 6.15. The number of nitrogens with zero attached hydrogens (tertiary/aromatic N) is 1. The van der Waals surface area contributed by atoms with Gasteiger partial charge in [0.2, 0.25) is 0 Å². The van der Waals surface area contributed by atoms with Gasteiger partial charge in [-0.1, -0.05) is 11.6 Å². The minimum Gasteiger partial charge on any atom is -0.496 e. The molecule has 1 aromatic carbocycles. The number of nitrogens with one attached hydrogen (secondary N) is 1. The van der Waals surface area contributed by atoms with Gasteiger partial charge < -0.3 is 10.1 Å². The van der Waals surface area contributed by atoms with Gasteiger partial charge in [-0.3, -0.25) is 4.90 Å². The van der Waals surface area contributed by atoms with E-state index in [1.54, 1.807) is 7.11 Å². The van der Waals surface area contributed by atoms with Crippen molar-refractivity contribution in [3.05, 3.63) is 28.3 Å². The molecular weight excluding hydrogens is 224 g/mol. The molecular formula is C12H19ClN2O. The largest absolute Gasteiger partial charge is 0.496 e. The molecule has 0 aliphatic heterocycles. The smallest absolute Gasteiger partial charge is 0.125 e. The zero-order chi connectivity index (χ0) is 12.3. The van der Waals surface area contributed by atoms with Crippen LogP contribution in [-0.4, -0.2) is 33.2 Å². The molecule has 1 unspecified atom stereocenters. The first-order valence-corrected chi connectivity index (χ1v) is 5.56. The number of ether oxygens (including phenoxy) is 1. The number of rotatable bonds is 4. The fourth-order valence-corrected chi connectivity index (χ4v) is 1.92. The summed E-state index contributed by atoms with van der Waals surface area (Å²) in [5.41, 5.74) is 2.07. The lowest BCUT2D eigenvalue weighted by atomic mass is 10.1. The van der Waals surface area contributed by atoms with Crippen molar-refractivity contribution in [2.45, 2.75) is 13.1 Å². The highest BCUT2D eigenvalue weighted by Gasteiger charge is 2.17. The molecule has 0 saturated carbocycles. The van der Waals surface area contributed by atoms with Gasteiger partial charge in [0.25, 0.3) is 0 Å². The third kappa shape index (κ3) is 2.67. The summed E-state index contributed by atoms with van der Waals surface area (Å²) in [6.07, 6.45) is 0.0908. The maximum absolute atomic E-state index is 6.15. The Morgan fingerprint density at radius 3 is 2.44 bits per heavy atom. The van der Waals surface area contributed by atoms with Crippen LogP contribution >= 0.6 is 11.6 Å². The summed E-state index contributed by atoms with van der Waals surface area (Å²) in [5, 5.41) is 3.99. The summed E-state index contributed by atoms with van der Waals surface area (Å²) < 4.78 is 5.39. The Bertz CT molecular complexity index is 366. The maximum atomic E-state index is 6.15. The molecule has 0 radical (unpaired) electrons. The van der Waals surface area contributed by atoms with Crippen LogP contribution in [0, 0.1) is 6.92 Å². The SMILES string of the molecule is CNC(c1cc(Cl)c(C)cc1OC)N(C)C. The Kier molecular flexibility index (Phi) is 4.59. The molecule has 3 nitrogen and oxygen atoms in total. The first-order valence-electron chi connectivity index (χ1n) is 5.19. The van der Waals surface area contributed by atoms with E-state index in [-0.39, 0.29) is 6.17 Å². The number of aryl methyl sites for hydroxylation is 1. The Balaban J connectivity index is 3.24. The van der Waals surface area contributed by atoms with Crippen molar-refractivity contribution in [3.63, 3.8) is 0 Å². The summed E-state index contributed by atoms with van der Waals surface area (Å²) in [4.78, 5) is 2.07. The molecule has 0 amide bonds. The molecule has 90 valence electrons. The van der Waals surface area contributed by atoms with Gasteiger partial charge in [0, 0.05) is 10.6 Å². The lowest BCUT2D eigenvalue weighted by Crippen LogP contribution is -2.31. The van der Waals surface area contributed by atoms with Crippen molar-refractivity contribution < 1.29 is 4.74 Å². The van der Waals surface area contributed by atoms with E-state index in [1.165, 1.54) is 0 Å². The average molecular weight is 243 g/mol. The van der Waals surface area contributed by atoms with Crippen LogP contribution in [0.15, 0.2) is 12.1 Å². The standard InChI is InChI=1S/C12H19ClN2O/c1-8-6-11(16-5)9(7-10(8)13)12(14-2)15(3)4/h6-7,12,14H,1-5H3. The van der Waals surface area contributed by atoms with Crippen LogP contribution in [0.2, 0.25) is 5.02 Å². The van der Waals surface area contributed by atoms with E-state index in [0.717, 1.165) is 21.9 Å². The van der Waals surface area contributed by atoms with Gasteiger partial charge in [0.1, 0.15) is 5.75 Å². The lowest BCUT2D eigenvalue weighted by Gasteiger charge is -2.26. The number of hydrogen-bond donors (Lipinski definition) is 1. The third-order valence-corrected chi connectivity index (χ3v) is 3.00. The maximum Gasteiger partial charge on any atom is 0.125 e. The van der Waals surface area contributed by atoms with E-state index in [2.05, 4.69) is 10.2 Å². The molecule has 1 N–H and O–H groups in total. The monoisotopic (exact) mass is 242 g/mol. The molecule has 16 heavy (non-hydrogen) atoms. The van der Waals surface area contributed by atoms with Crippen molar-refractivity contribution in [2.75, 3.05) is 28.3 Å². The van der Waals surface area contributed by atoms with Crippen LogP contribution in [0.3, 0.4) is 0 Å². The van der Waals surface area contributed by atoms with Gasteiger partial charge in [-0.05, 0) is 45.8 Å². The van der Waals surface area contributed by atoms with Gasteiger partial charge in [0.05, 0.1) is 13.3 Å². The number of hydrogen-bond acceptors (Lipinski definition) is 3. The molecule has 1 aromatic rings. The van der Waals surface area contributed by atoms with Crippen LogP contribution in [0.25, 0.3) is 0 Å². The zero-order valence-corrected chi connectivity index (χ0v) is 11.2. The molecule has 0 aliphatic carbocycles. The van der Waals surface area contributed by atoms with Crippen molar-refractivity contribution in [3.8, 4) is 5.75 Å². The molecule has 1 atom stereocenters. The fraction of sp³-hybridized carbons (Fsp3) is 0.500. The van der Waals surface area contributed by atoms with E-state index < -0.39 is 0 Å². The predicted octanol–water partition coefficient (Wildman–Crippen LogP) is 2.44. The van der Waals surface area contributed by atoms with E-state index in [4.69, 9.17) is 16.3 Å². The molecule has 0 saturated heterocycles. The lowest BCUT2D eigenvalue weighted by molar-refractivity contribution is 0.256. The number of halogens is 1. The molecule has 0 bridgehead atoms. The molecule has 1 rings (SSSR count). The van der Waals surface area contributed by atoms with Gasteiger partial charge in [-0.2, -0.15) is 0 Å². The summed E-state index contributed by atoms with van der Waals surface area (Å²) in [6.45, 7) is 1.97. The normalized spacial score (nSPS) is 12.9. The van der Waals surface area contributed by atoms with Crippen molar-refractivity contribution in [2.24, 2.45) is 0 Å². The van der Waals surface area contributed by atoms with Crippen molar-refractivity contribution >= 4 is 11.6 Å².